The number of esters is 2. The minimum Gasteiger partial charge on any atom is -0.462 e. The number of benzene rings is 4. The van der Waals surface area contributed by atoms with Gasteiger partial charge in [0.15, 0.2) is 0 Å². The van der Waals surface area contributed by atoms with Crippen LogP contribution in [0.1, 0.15) is 65.1 Å². The summed E-state index contributed by atoms with van der Waals surface area (Å²) in [6.07, 6.45) is 3.68. The monoisotopic (exact) mass is 864 g/mol. The van der Waals surface area contributed by atoms with Crippen LogP contribution in [0.4, 0.5) is 13.2 Å². The Balaban J connectivity index is 0.000000210. The van der Waals surface area contributed by atoms with E-state index in [0.29, 0.717) is 49.9 Å². The van der Waals surface area contributed by atoms with E-state index >= 15 is 0 Å². The number of nitrogens with zero attached hydrogens (tertiary/aromatic N) is 2. The molecule has 4 aromatic rings. The first-order chi connectivity index (χ1) is 29.0. The Morgan fingerprint density at radius 3 is 1.67 bits per heavy atom. The van der Waals surface area contributed by atoms with E-state index in [1.165, 1.54) is 29.3 Å². The molecule has 0 fully saturated rings. The lowest BCUT2D eigenvalue weighted by Gasteiger charge is -2.31. The molecule has 61 heavy (non-hydrogen) atoms. The highest BCUT2D eigenvalue weighted by atomic mass is 32.2. The van der Waals surface area contributed by atoms with E-state index < -0.39 is 34.6 Å². The molecule has 2 atom stereocenters. The topological polar surface area (TPSA) is 143 Å². The summed E-state index contributed by atoms with van der Waals surface area (Å²) in [5.74, 6) is -0.875. The first kappa shape index (κ1) is 48.4. The van der Waals surface area contributed by atoms with Crippen molar-refractivity contribution >= 4 is 40.2 Å². The highest BCUT2D eigenvalue weighted by Crippen LogP contribution is 2.31. The summed E-state index contributed by atoms with van der Waals surface area (Å²) in [6, 6.07) is 34.0. The zero-order chi connectivity index (χ0) is 44.6. The fourth-order valence-corrected chi connectivity index (χ4v) is 7.26. The van der Waals surface area contributed by atoms with Gasteiger partial charge in [0.1, 0.15) is 5.76 Å². The van der Waals surface area contributed by atoms with Gasteiger partial charge >= 0.3 is 34.7 Å². The van der Waals surface area contributed by atoms with Crippen LogP contribution in [0.15, 0.2) is 127 Å². The van der Waals surface area contributed by atoms with Gasteiger partial charge in [0.05, 0.1) is 24.3 Å². The minimum absolute atomic E-state index is 0.151. The molecule has 0 radical (unpaired) electrons. The molecule has 0 bridgehead atoms. The fraction of sp³-hybridized carbons (Fsp3) is 0.333. The maximum atomic E-state index is 12.3. The third-order valence-corrected chi connectivity index (χ3v) is 10.6. The molecular weight excluding hydrogens is 812 g/mol. The van der Waals surface area contributed by atoms with E-state index in [0.717, 1.165) is 30.8 Å². The maximum absolute atomic E-state index is 12.3. The van der Waals surface area contributed by atoms with Gasteiger partial charge < -0.3 is 23.7 Å². The molecule has 0 spiro atoms. The van der Waals surface area contributed by atoms with Crippen molar-refractivity contribution in [2.75, 3.05) is 39.4 Å². The molecule has 326 valence electrons. The number of alkyl halides is 3. The largest absolute Gasteiger partial charge is 0.534 e. The maximum Gasteiger partial charge on any atom is 0.534 e. The van der Waals surface area contributed by atoms with Crippen LogP contribution in [0.5, 0.6) is 0 Å². The number of hydrogen-bond acceptors (Lipinski definition) is 11. The van der Waals surface area contributed by atoms with Gasteiger partial charge in [-0.2, -0.15) is 21.6 Å². The number of rotatable bonds is 12. The van der Waals surface area contributed by atoms with Crippen LogP contribution in [-0.2, 0) is 36.9 Å². The van der Waals surface area contributed by atoms with E-state index in [2.05, 4.69) is 58.5 Å². The summed E-state index contributed by atoms with van der Waals surface area (Å²) in [5.41, 5.74) is 0.667. The smallest absolute Gasteiger partial charge is 0.462 e. The van der Waals surface area contributed by atoms with Gasteiger partial charge in [0, 0.05) is 45.2 Å². The molecule has 0 aromatic heterocycles. The molecule has 11 nitrogen and oxygen atoms in total. The molecule has 0 aliphatic carbocycles. The summed E-state index contributed by atoms with van der Waals surface area (Å²) in [7, 11) is -7.16. The number of carbonyl (C=O) groups is 2. The van der Waals surface area contributed by atoms with Crippen molar-refractivity contribution in [3.63, 3.8) is 0 Å². The predicted molar refractivity (Wildman–Crippen MR) is 229 cm³/mol. The fourth-order valence-electron chi connectivity index (χ4n) is 6.68. The van der Waals surface area contributed by atoms with Crippen molar-refractivity contribution in [3.05, 3.63) is 155 Å². The van der Waals surface area contributed by atoms with Crippen LogP contribution in [0.25, 0.3) is 5.57 Å². The van der Waals surface area contributed by atoms with E-state index in [9.17, 15) is 31.2 Å². The third-order valence-electron chi connectivity index (χ3n) is 9.59. The Kier molecular flexibility index (Phi) is 18.3. The van der Waals surface area contributed by atoms with Crippen LogP contribution in [-0.4, -0.2) is 92.2 Å². The van der Waals surface area contributed by atoms with E-state index in [1.54, 1.807) is 26.0 Å². The van der Waals surface area contributed by atoms with Gasteiger partial charge in [-0.25, -0.2) is 9.59 Å². The average Bonchev–Trinajstić information content (AvgIpc) is 3.23. The molecular formula is C45H52BF3N2O9S. The van der Waals surface area contributed by atoms with Gasteiger partial charge in [-0.15, -0.1) is 0 Å². The lowest BCUT2D eigenvalue weighted by Crippen LogP contribution is -2.35. The van der Waals surface area contributed by atoms with E-state index in [-0.39, 0.29) is 17.2 Å². The Morgan fingerprint density at radius 2 is 1.20 bits per heavy atom. The van der Waals surface area contributed by atoms with Crippen LogP contribution >= 0.6 is 0 Å². The molecule has 2 aliphatic heterocycles. The lowest BCUT2D eigenvalue weighted by atomic mass is 9.80. The van der Waals surface area contributed by atoms with Crippen molar-refractivity contribution in [3.8, 4) is 0 Å². The zero-order valence-corrected chi connectivity index (χ0v) is 35.4. The molecule has 4 aromatic carbocycles. The number of hydrogen-bond donors (Lipinski definition) is 2. The lowest BCUT2D eigenvalue weighted by molar-refractivity contribution is -0.0529. The molecule has 0 amide bonds. The van der Waals surface area contributed by atoms with Crippen LogP contribution in [0.2, 0.25) is 0 Å². The molecule has 0 saturated carbocycles. The standard InChI is InChI=1S/C22H25NO2.C14H16F3NO3S.C9H11BO4/c1-3-25-22(24)20-11-7-10-19(14-20)21-12-13-23(15-17(21)2)16-18-8-5-4-6-9-18;1-11-9-18(10-12-5-3-2-4-6-12)8-7-13(11)21-22(19,20)14(15,16)17;1-2-14-9(11)7-4-3-5-8(6-7)10(12)13/h4-12,14,17H,3,13,15-16H2,1-2H3;2-7,11H,8-10H2,1H3;3-6,12-13H,2H2,1H3. The molecule has 0 saturated heterocycles. The van der Waals surface area contributed by atoms with Gasteiger partial charge in [-0.3, -0.25) is 9.80 Å². The quantitative estimate of drug-likeness (QED) is 0.0670. The summed E-state index contributed by atoms with van der Waals surface area (Å²) >= 11 is 0. The second-order valence-electron chi connectivity index (χ2n) is 14.4. The Bertz CT molecular complexity index is 2210. The first-order valence-corrected chi connectivity index (χ1v) is 21.3. The van der Waals surface area contributed by atoms with Crippen molar-refractivity contribution in [1.29, 1.82) is 0 Å². The van der Waals surface area contributed by atoms with Gasteiger partial charge in [-0.1, -0.05) is 105 Å². The van der Waals surface area contributed by atoms with E-state index in [1.807, 2.05) is 60.4 Å². The average molecular weight is 865 g/mol. The molecule has 2 heterocycles. The zero-order valence-electron chi connectivity index (χ0n) is 34.6. The van der Waals surface area contributed by atoms with Crippen molar-refractivity contribution in [2.24, 2.45) is 11.8 Å². The summed E-state index contributed by atoms with van der Waals surface area (Å²) in [5, 5.41) is 17.7. The van der Waals surface area contributed by atoms with Crippen LogP contribution < -0.4 is 5.46 Å². The second-order valence-corrected chi connectivity index (χ2v) is 16.0. The van der Waals surface area contributed by atoms with Crippen LogP contribution in [0, 0.1) is 11.8 Å². The predicted octanol–water partition coefficient (Wildman–Crippen LogP) is 6.83. The highest BCUT2D eigenvalue weighted by Gasteiger charge is 2.49. The number of halogens is 3. The molecule has 6 rings (SSSR count). The second kappa shape index (κ2) is 23.1. The summed E-state index contributed by atoms with van der Waals surface area (Å²) in [6.45, 7) is 12.4. The number of carbonyl (C=O) groups excluding carboxylic acids is 2. The Hall–Kier alpha value is -5.26. The third kappa shape index (κ3) is 15.0. The molecule has 2 aliphatic rings. The molecule has 2 N–H and O–H groups in total. The number of ether oxygens (including phenoxy) is 2. The summed E-state index contributed by atoms with van der Waals surface area (Å²) in [4.78, 5) is 27.7. The Labute approximate surface area is 356 Å². The van der Waals surface area contributed by atoms with Gasteiger partial charge in [0.2, 0.25) is 0 Å². The Morgan fingerprint density at radius 1 is 0.705 bits per heavy atom. The molecule has 16 heteroatoms. The summed E-state index contributed by atoms with van der Waals surface area (Å²) < 4.78 is 73.2. The van der Waals surface area contributed by atoms with Crippen molar-refractivity contribution < 1.29 is 54.9 Å². The minimum atomic E-state index is -5.59. The molecule has 2 unspecified atom stereocenters. The van der Waals surface area contributed by atoms with Gasteiger partial charge in [0.25, 0.3) is 0 Å². The highest BCUT2D eigenvalue weighted by molar-refractivity contribution is 7.87. The first-order valence-electron chi connectivity index (χ1n) is 19.8. The van der Waals surface area contributed by atoms with E-state index in [4.69, 9.17) is 19.5 Å². The van der Waals surface area contributed by atoms with Crippen molar-refractivity contribution in [1.82, 2.24) is 9.80 Å². The van der Waals surface area contributed by atoms with Crippen LogP contribution in [0.3, 0.4) is 0 Å². The SMILES string of the molecule is CC1CN(Cc2ccccc2)CC=C1OS(=O)(=O)C(F)(F)F.CCOC(=O)c1cccc(B(O)O)c1.CCOC(=O)c1cccc(C2=CCN(Cc3ccccc3)CC2C)c1. The van der Waals surface area contributed by atoms with Gasteiger partial charge in [-0.05, 0) is 77.8 Å². The van der Waals surface area contributed by atoms with Crippen molar-refractivity contribution in [2.45, 2.75) is 46.3 Å². The normalized spacial score (nSPS) is 16.9.